The molecule has 0 saturated carbocycles. The second-order valence-corrected chi connectivity index (χ2v) is 9.63. The van der Waals surface area contributed by atoms with Crippen LogP contribution in [0, 0.1) is 0 Å². The van der Waals surface area contributed by atoms with E-state index in [9.17, 15) is 0 Å². The fourth-order valence-electron chi connectivity index (χ4n) is 3.12. The van der Waals surface area contributed by atoms with E-state index in [2.05, 4.69) is 60.1 Å². The number of hydrogen-bond donors (Lipinski definition) is 1. The molecule has 28 heavy (non-hydrogen) atoms. The van der Waals surface area contributed by atoms with Gasteiger partial charge in [0, 0.05) is 23.3 Å². The minimum Gasteiger partial charge on any atom is -0.378 e. The summed E-state index contributed by atoms with van der Waals surface area (Å²) in [6.45, 7) is 3.65. The minimum atomic E-state index is 0.691. The van der Waals surface area contributed by atoms with Gasteiger partial charge in [-0.05, 0) is 39.5 Å². The van der Waals surface area contributed by atoms with E-state index >= 15 is 0 Å². The van der Waals surface area contributed by atoms with Gasteiger partial charge in [0.1, 0.15) is 6.33 Å². The first kappa shape index (κ1) is 18.0. The molecule has 0 atom stereocenters. The van der Waals surface area contributed by atoms with Gasteiger partial charge in [0.05, 0.1) is 29.2 Å². The van der Waals surface area contributed by atoms with Gasteiger partial charge in [-0.25, -0.2) is 4.98 Å². The maximum absolute atomic E-state index is 5.48. The van der Waals surface area contributed by atoms with Crippen LogP contribution in [0.2, 0.25) is 0 Å². The van der Waals surface area contributed by atoms with Crippen molar-refractivity contribution < 1.29 is 4.74 Å². The van der Waals surface area contributed by atoms with Crippen LogP contribution in [0.4, 0.5) is 11.8 Å². The van der Waals surface area contributed by atoms with Crippen LogP contribution in [-0.2, 0) is 11.3 Å². The Morgan fingerprint density at radius 1 is 1.18 bits per heavy atom. The lowest BCUT2D eigenvalue weighted by Gasteiger charge is -2.27. The quantitative estimate of drug-likeness (QED) is 0.466. The second-order valence-electron chi connectivity index (χ2n) is 6.30. The first-order valence-corrected chi connectivity index (χ1v) is 11.4. The fourth-order valence-corrected chi connectivity index (χ4v) is 5.17. The molecule has 0 amide bonds. The number of imidazole rings is 1. The van der Waals surface area contributed by atoms with Crippen molar-refractivity contribution in [1.29, 1.82) is 0 Å². The summed E-state index contributed by atoms with van der Waals surface area (Å²) in [5.41, 5.74) is 2.65. The van der Waals surface area contributed by atoms with Crippen molar-refractivity contribution >= 4 is 61.5 Å². The number of anilines is 2. The number of nitrogens with zero attached hydrogens (tertiary/aromatic N) is 5. The van der Waals surface area contributed by atoms with Crippen LogP contribution < -0.4 is 10.2 Å². The lowest BCUT2D eigenvalue weighted by molar-refractivity contribution is 0.122. The number of thiophene rings is 2. The SMILES string of the molecule is Brc1ccc(CNc2nc(N3CCOCC3)nc3c2ncn3-c2ccsc2)s1. The Balaban J connectivity index is 1.56. The van der Waals surface area contributed by atoms with Crippen molar-refractivity contribution in [2.45, 2.75) is 6.54 Å². The number of nitrogens with one attached hydrogen (secondary N) is 1. The molecule has 1 aliphatic heterocycles. The third-order valence-electron chi connectivity index (χ3n) is 4.52. The molecule has 0 aliphatic carbocycles. The number of rotatable bonds is 5. The van der Waals surface area contributed by atoms with E-state index in [0.29, 0.717) is 25.7 Å². The van der Waals surface area contributed by atoms with Gasteiger partial charge in [0.2, 0.25) is 5.95 Å². The van der Waals surface area contributed by atoms with Gasteiger partial charge in [-0.15, -0.1) is 11.3 Å². The predicted molar refractivity (Wildman–Crippen MR) is 117 cm³/mol. The molecule has 10 heteroatoms. The smallest absolute Gasteiger partial charge is 0.229 e. The molecule has 5 rings (SSSR count). The molecule has 1 fully saturated rings. The Morgan fingerprint density at radius 2 is 2.07 bits per heavy atom. The van der Waals surface area contributed by atoms with Crippen LogP contribution in [0.3, 0.4) is 0 Å². The summed E-state index contributed by atoms with van der Waals surface area (Å²) < 4.78 is 8.62. The lowest BCUT2D eigenvalue weighted by atomic mass is 10.4. The first-order valence-electron chi connectivity index (χ1n) is 8.86. The van der Waals surface area contributed by atoms with Gasteiger partial charge in [-0.2, -0.15) is 21.3 Å². The normalized spacial score (nSPS) is 14.7. The molecule has 0 unspecified atom stereocenters. The summed E-state index contributed by atoms with van der Waals surface area (Å²) in [7, 11) is 0. The number of aromatic nitrogens is 4. The summed E-state index contributed by atoms with van der Waals surface area (Å²) >= 11 is 6.88. The number of fused-ring (bicyclic) bond motifs is 1. The molecule has 1 aliphatic rings. The predicted octanol–water partition coefficient (Wildman–Crippen LogP) is 4.15. The third kappa shape index (κ3) is 3.52. The summed E-state index contributed by atoms with van der Waals surface area (Å²) in [5.74, 6) is 1.47. The van der Waals surface area contributed by atoms with Crippen molar-refractivity contribution in [3.8, 4) is 5.69 Å². The monoisotopic (exact) mass is 476 g/mol. The zero-order valence-electron chi connectivity index (χ0n) is 14.8. The molecule has 1 saturated heterocycles. The summed E-state index contributed by atoms with van der Waals surface area (Å²) in [4.78, 5) is 17.7. The number of ether oxygens (including phenoxy) is 1. The van der Waals surface area contributed by atoms with Gasteiger partial charge in [0.15, 0.2) is 17.0 Å². The average Bonchev–Trinajstić information content (AvgIpc) is 3.47. The highest BCUT2D eigenvalue weighted by Gasteiger charge is 2.20. The lowest BCUT2D eigenvalue weighted by Crippen LogP contribution is -2.37. The van der Waals surface area contributed by atoms with E-state index in [1.54, 1.807) is 22.7 Å². The van der Waals surface area contributed by atoms with Crippen LogP contribution in [0.25, 0.3) is 16.9 Å². The zero-order valence-corrected chi connectivity index (χ0v) is 18.1. The van der Waals surface area contributed by atoms with Gasteiger partial charge in [-0.3, -0.25) is 4.57 Å². The molecule has 7 nitrogen and oxygen atoms in total. The van der Waals surface area contributed by atoms with Crippen LogP contribution in [0.15, 0.2) is 39.1 Å². The summed E-state index contributed by atoms with van der Waals surface area (Å²) in [6.07, 6.45) is 1.82. The van der Waals surface area contributed by atoms with Gasteiger partial charge < -0.3 is 15.0 Å². The molecule has 4 aromatic heterocycles. The number of hydrogen-bond acceptors (Lipinski definition) is 8. The summed E-state index contributed by atoms with van der Waals surface area (Å²) in [5, 5.41) is 7.61. The minimum absolute atomic E-state index is 0.691. The Morgan fingerprint density at radius 3 is 2.82 bits per heavy atom. The summed E-state index contributed by atoms with van der Waals surface area (Å²) in [6, 6.07) is 6.23. The Labute approximate surface area is 178 Å². The molecular formula is C18H17BrN6OS2. The highest BCUT2D eigenvalue weighted by molar-refractivity contribution is 9.11. The molecule has 144 valence electrons. The van der Waals surface area contributed by atoms with Crippen molar-refractivity contribution in [3.63, 3.8) is 0 Å². The third-order valence-corrected chi connectivity index (χ3v) is 6.82. The first-order chi connectivity index (χ1) is 13.8. The van der Waals surface area contributed by atoms with Gasteiger partial charge >= 0.3 is 0 Å². The average molecular weight is 477 g/mol. The zero-order chi connectivity index (χ0) is 18.9. The molecule has 0 radical (unpaired) electrons. The maximum atomic E-state index is 5.48. The molecular weight excluding hydrogens is 460 g/mol. The van der Waals surface area contributed by atoms with Gasteiger partial charge in [0.25, 0.3) is 0 Å². The number of morpholine rings is 1. The van der Waals surface area contributed by atoms with Crippen LogP contribution in [-0.4, -0.2) is 45.8 Å². The van der Waals surface area contributed by atoms with Gasteiger partial charge in [-0.1, -0.05) is 0 Å². The fraction of sp³-hybridized carbons (Fsp3) is 0.278. The second kappa shape index (κ2) is 7.78. The highest BCUT2D eigenvalue weighted by atomic mass is 79.9. The Hall–Kier alpha value is -2.01. The van der Waals surface area contributed by atoms with E-state index in [1.807, 2.05) is 10.9 Å². The van der Waals surface area contributed by atoms with E-state index in [0.717, 1.165) is 39.5 Å². The molecule has 4 aromatic rings. The highest BCUT2D eigenvalue weighted by Crippen LogP contribution is 2.28. The van der Waals surface area contributed by atoms with E-state index in [-0.39, 0.29) is 0 Å². The topological polar surface area (TPSA) is 68.1 Å². The Bertz CT molecular complexity index is 1090. The molecule has 0 aromatic carbocycles. The van der Waals surface area contributed by atoms with Crippen molar-refractivity contribution in [1.82, 2.24) is 19.5 Å². The standard InChI is InChI=1S/C18H17BrN6OS2/c19-14-2-1-13(28-14)9-20-16-15-17(25(11-21-15)12-3-8-27-10-12)23-18(22-16)24-4-6-26-7-5-24/h1-3,8,10-11H,4-7,9H2,(H,20,22,23). The largest absolute Gasteiger partial charge is 0.378 e. The maximum Gasteiger partial charge on any atom is 0.229 e. The Kier molecular flexibility index (Phi) is 5.02. The van der Waals surface area contributed by atoms with Crippen LogP contribution >= 0.6 is 38.6 Å². The van der Waals surface area contributed by atoms with Crippen molar-refractivity contribution in [2.24, 2.45) is 0 Å². The van der Waals surface area contributed by atoms with E-state index in [1.165, 1.54) is 4.88 Å². The molecule has 5 heterocycles. The van der Waals surface area contributed by atoms with Crippen molar-refractivity contribution in [3.05, 3.63) is 44.0 Å². The molecule has 1 N–H and O–H groups in total. The number of halogens is 1. The molecule has 0 bridgehead atoms. The van der Waals surface area contributed by atoms with E-state index in [4.69, 9.17) is 14.7 Å². The van der Waals surface area contributed by atoms with Crippen molar-refractivity contribution in [2.75, 3.05) is 36.5 Å². The van der Waals surface area contributed by atoms with Crippen LogP contribution in [0.5, 0.6) is 0 Å². The molecule has 0 spiro atoms. The van der Waals surface area contributed by atoms with Crippen LogP contribution in [0.1, 0.15) is 4.88 Å². The van der Waals surface area contributed by atoms with E-state index < -0.39 is 0 Å².